The molecule has 4 rings (SSSR count). The number of aromatic nitrogens is 2. The summed E-state index contributed by atoms with van der Waals surface area (Å²) in [5.41, 5.74) is 1.76. The van der Waals surface area contributed by atoms with Crippen molar-refractivity contribution >= 4 is 11.6 Å². The summed E-state index contributed by atoms with van der Waals surface area (Å²) < 4.78 is 15.2. The van der Waals surface area contributed by atoms with Crippen molar-refractivity contribution in [3.8, 4) is 11.3 Å². The number of halogens is 1. The van der Waals surface area contributed by atoms with Gasteiger partial charge in [0.1, 0.15) is 12.4 Å². The molecule has 0 saturated heterocycles. The molecule has 0 saturated carbocycles. The summed E-state index contributed by atoms with van der Waals surface area (Å²) in [6.07, 6.45) is 1.29. The Morgan fingerprint density at radius 2 is 1.55 bits per heavy atom. The molecule has 0 aliphatic carbocycles. The topological polar surface area (TPSA) is 55.2 Å². The molecule has 0 aliphatic rings. The van der Waals surface area contributed by atoms with Crippen molar-refractivity contribution in [2.24, 2.45) is 0 Å². The Morgan fingerprint density at radius 3 is 2.23 bits per heavy atom. The second kappa shape index (κ2) is 9.17. The van der Waals surface area contributed by atoms with Crippen molar-refractivity contribution in [3.05, 3.63) is 119 Å². The van der Waals surface area contributed by atoms with Crippen LogP contribution < -0.4 is 10.5 Å². The Kier molecular flexibility index (Phi) is 5.98. The summed E-state index contributed by atoms with van der Waals surface area (Å²) >= 11 is 0. The van der Waals surface area contributed by atoms with Crippen LogP contribution in [-0.2, 0) is 17.9 Å². The third kappa shape index (κ3) is 4.75. The van der Waals surface area contributed by atoms with Gasteiger partial charge in [-0.3, -0.25) is 14.2 Å². The maximum absolute atomic E-state index is 14.0. The number of anilines is 1. The zero-order valence-electron chi connectivity index (χ0n) is 16.7. The molecule has 3 aromatic carbocycles. The molecule has 1 aromatic heterocycles. The van der Waals surface area contributed by atoms with Crippen molar-refractivity contribution in [1.82, 2.24) is 9.55 Å². The lowest BCUT2D eigenvalue weighted by molar-refractivity contribution is -0.119. The van der Waals surface area contributed by atoms with E-state index < -0.39 is 11.4 Å². The van der Waals surface area contributed by atoms with Crippen molar-refractivity contribution < 1.29 is 9.18 Å². The zero-order valence-corrected chi connectivity index (χ0v) is 16.7. The van der Waals surface area contributed by atoms with E-state index in [1.807, 2.05) is 60.7 Å². The number of carbonyl (C=O) groups excluding carboxylic acids is 1. The summed E-state index contributed by atoms with van der Waals surface area (Å²) in [7, 11) is 0. The van der Waals surface area contributed by atoms with Gasteiger partial charge in [-0.25, -0.2) is 9.37 Å². The van der Waals surface area contributed by atoms with E-state index >= 15 is 0 Å². The van der Waals surface area contributed by atoms with E-state index in [1.54, 1.807) is 23.1 Å². The Labute approximate surface area is 179 Å². The summed E-state index contributed by atoms with van der Waals surface area (Å²) in [6, 6.07) is 26.3. The molecule has 1 heterocycles. The van der Waals surface area contributed by atoms with Crippen molar-refractivity contribution in [2.75, 3.05) is 4.90 Å². The molecule has 4 aromatic rings. The number of para-hydroxylation sites is 1. The Balaban J connectivity index is 1.60. The van der Waals surface area contributed by atoms with E-state index in [4.69, 9.17) is 0 Å². The highest BCUT2D eigenvalue weighted by atomic mass is 19.1. The van der Waals surface area contributed by atoms with Crippen molar-refractivity contribution in [2.45, 2.75) is 13.1 Å². The van der Waals surface area contributed by atoms with Gasteiger partial charge in [-0.15, -0.1) is 0 Å². The average Bonchev–Trinajstić information content (AvgIpc) is 2.80. The summed E-state index contributed by atoms with van der Waals surface area (Å²) in [5.74, 6) is -0.709. The molecule has 0 atom stereocenters. The molecule has 0 aliphatic heterocycles. The predicted octanol–water partition coefficient (Wildman–Crippen LogP) is 4.28. The third-order valence-corrected chi connectivity index (χ3v) is 4.89. The summed E-state index contributed by atoms with van der Waals surface area (Å²) in [5, 5.41) is 0. The maximum atomic E-state index is 14.0. The first-order valence-corrected chi connectivity index (χ1v) is 9.82. The van der Waals surface area contributed by atoms with E-state index in [0.717, 1.165) is 11.3 Å². The van der Waals surface area contributed by atoms with Gasteiger partial charge in [0.2, 0.25) is 5.91 Å². The minimum absolute atomic E-state index is 0.175. The first kappa shape index (κ1) is 20.2. The van der Waals surface area contributed by atoms with Crippen LogP contribution in [0.2, 0.25) is 0 Å². The van der Waals surface area contributed by atoms with Gasteiger partial charge in [-0.05, 0) is 29.8 Å². The first-order chi connectivity index (χ1) is 15.1. The van der Waals surface area contributed by atoms with E-state index in [9.17, 15) is 14.0 Å². The second-order valence-electron chi connectivity index (χ2n) is 7.02. The van der Waals surface area contributed by atoms with Crippen LogP contribution in [-0.4, -0.2) is 15.5 Å². The first-order valence-electron chi connectivity index (χ1n) is 9.82. The standard InChI is InChI=1S/C25H20FN3O2/c26-22-14-8-7-13-21(22)23-15-24(30)28(18-27-23)17-25(31)29(20-11-5-2-6-12-20)16-19-9-3-1-4-10-19/h1-15,18H,16-17H2. The second-order valence-corrected chi connectivity index (χ2v) is 7.02. The van der Waals surface area contributed by atoms with Crippen LogP contribution in [0, 0.1) is 5.82 Å². The van der Waals surface area contributed by atoms with Crippen LogP contribution in [0.3, 0.4) is 0 Å². The number of hydrogen-bond donors (Lipinski definition) is 0. The molecule has 0 spiro atoms. The fourth-order valence-electron chi connectivity index (χ4n) is 3.29. The number of hydrogen-bond acceptors (Lipinski definition) is 3. The van der Waals surface area contributed by atoms with E-state index in [2.05, 4.69) is 4.98 Å². The number of benzene rings is 3. The van der Waals surface area contributed by atoms with Gasteiger partial charge in [-0.2, -0.15) is 0 Å². The average molecular weight is 413 g/mol. The SMILES string of the molecule is O=C(Cn1cnc(-c2ccccc2F)cc1=O)N(Cc1ccccc1)c1ccccc1. The van der Waals surface area contributed by atoms with Crippen LogP contribution in [0.25, 0.3) is 11.3 Å². The molecule has 0 unspecified atom stereocenters. The molecule has 0 N–H and O–H groups in total. The largest absolute Gasteiger partial charge is 0.306 e. The van der Waals surface area contributed by atoms with Gasteiger partial charge < -0.3 is 4.90 Å². The molecule has 1 amide bonds. The van der Waals surface area contributed by atoms with Gasteiger partial charge in [0.05, 0.1) is 18.6 Å². The Morgan fingerprint density at radius 1 is 0.903 bits per heavy atom. The smallest absolute Gasteiger partial charge is 0.254 e. The lowest BCUT2D eigenvalue weighted by Gasteiger charge is -2.23. The highest BCUT2D eigenvalue weighted by molar-refractivity contribution is 5.93. The fourth-order valence-corrected chi connectivity index (χ4v) is 3.29. The van der Waals surface area contributed by atoms with Gasteiger partial charge in [0.15, 0.2) is 0 Å². The van der Waals surface area contributed by atoms with Gasteiger partial charge in [-0.1, -0.05) is 60.7 Å². The number of amides is 1. The van der Waals surface area contributed by atoms with Gasteiger partial charge in [0, 0.05) is 17.3 Å². The monoisotopic (exact) mass is 413 g/mol. The third-order valence-electron chi connectivity index (χ3n) is 4.89. The predicted molar refractivity (Wildman–Crippen MR) is 118 cm³/mol. The molecule has 5 nitrogen and oxygen atoms in total. The van der Waals surface area contributed by atoms with Crippen LogP contribution >= 0.6 is 0 Å². The normalized spacial score (nSPS) is 10.6. The van der Waals surface area contributed by atoms with Crippen LogP contribution in [0.15, 0.2) is 102 Å². The molecule has 6 heteroatoms. The lowest BCUT2D eigenvalue weighted by Crippen LogP contribution is -2.36. The van der Waals surface area contributed by atoms with Crippen LogP contribution in [0.1, 0.15) is 5.56 Å². The van der Waals surface area contributed by atoms with Crippen LogP contribution in [0.5, 0.6) is 0 Å². The molecule has 31 heavy (non-hydrogen) atoms. The fraction of sp³-hybridized carbons (Fsp3) is 0.0800. The number of nitrogens with zero attached hydrogens (tertiary/aromatic N) is 3. The van der Waals surface area contributed by atoms with Gasteiger partial charge in [0.25, 0.3) is 5.56 Å². The zero-order chi connectivity index (χ0) is 21.6. The minimum Gasteiger partial charge on any atom is -0.306 e. The van der Waals surface area contributed by atoms with Crippen molar-refractivity contribution in [3.63, 3.8) is 0 Å². The minimum atomic E-state index is -0.457. The quantitative estimate of drug-likeness (QED) is 0.474. The maximum Gasteiger partial charge on any atom is 0.254 e. The van der Waals surface area contributed by atoms with Gasteiger partial charge >= 0.3 is 0 Å². The summed E-state index contributed by atoms with van der Waals surface area (Å²) in [6.45, 7) is 0.199. The Hall–Kier alpha value is -4.06. The molecule has 0 fully saturated rings. The lowest BCUT2D eigenvalue weighted by atomic mass is 10.1. The molecular formula is C25H20FN3O2. The van der Waals surface area contributed by atoms with Crippen molar-refractivity contribution in [1.29, 1.82) is 0 Å². The van der Waals surface area contributed by atoms with Crippen LogP contribution in [0.4, 0.5) is 10.1 Å². The molecular weight excluding hydrogens is 393 g/mol. The molecule has 154 valence electrons. The number of carbonyl (C=O) groups is 1. The Bertz CT molecular complexity index is 1240. The molecule has 0 bridgehead atoms. The highest BCUT2D eigenvalue weighted by Crippen LogP contribution is 2.19. The number of rotatable bonds is 6. The highest BCUT2D eigenvalue weighted by Gasteiger charge is 2.18. The van der Waals surface area contributed by atoms with E-state index in [0.29, 0.717) is 6.54 Å². The molecule has 0 radical (unpaired) electrons. The van der Waals surface area contributed by atoms with E-state index in [1.165, 1.54) is 23.0 Å². The van der Waals surface area contributed by atoms with E-state index in [-0.39, 0.29) is 23.7 Å². The summed E-state index contributed by atoms with van der Waals surface area (Å²) in [4.78, 5) is 31.6.